The van der Waals surface area contributed by atoms with Gasteiger partial charge < -0.3 is 0 Å². The van der Waals surface area contributed by atoms with Crippen LogP contribution < -0.4 is 0 Å². The first-order chi connectivity index (χ1) is 8.82. The molecule has 0 aromatic carbocycles. The van der Waals surface area contributed by atoms with Crippen molar-refractivity contribution < 1.29 is 61.8 Å². The van der Waals surface area contributed by atoms with Crippen molar-refractivity contribution in [3.63, 3.8) is 0 Å². The van der Waals surface area contributed by atoms with Crippen LogP contribution in [-0.4, -0.2) is 41.4 Å². The molecule has 21 heavy (non-hydrogen) atoms. The van der Waals surface area contributed by atoms with Crippen molar-refractivity contribution in [2.24, 2.45) is 0 Å². The highest BCUT2D eigenvalue weighted by Crippen LogP contribution is 2.60. The second-order valence-electron chi connectivity index (χ2n) is 3.59. The largest absolute Gasteiger partial charge is 0.469 e. The van der Waals surface area contributed by atoms with Gasteiger partial charge in [-0.05, 0) is 0 Å². The minimum Gasteiger partial charge on any atom is -0.243 e. The lowest BCUT2D eigenvalue weighted by molar-refractivity contribution is -0.597. The molecule has 1 saturated heterocycles. The Hall–Kier alpha value is -0.990. The molecule has 1 rings (SSSR count). The average Bonchev–Trinajstić information content (AvgIpc) is 2.09. The second kappa shape index (κ2) is 4.05. The van der Waals surface area contributed by atoms with Crippen LogP contribution in [0.4, 0.5) is 57.1 Å². The SMILES string of the molecule is FC(F)(F)C(F)(F)N1C(F)(F)C(F)(F)OC(F)(F)C1(F)F. The van der Waals surface area contributed by atoms with E-state index in [4.69, 9.17) is 0 Å². The van der Waals surface area contributed by atoms with Crippen molar-refractivity contribution in [2.75, 3.05) is 0 Å². The highest BCUT2D eigenvalue weighted by atomic mass is 19.4. The molecule has 0 aromatic rings. The molecule has 1 fully saturated rings. The summed E-state index contributed by atoms with van der Waals surface area (Å²) in [4.78, 5) is -3.91. The summed E-state index contributed by atoms with van der Waals surface area (Å²) < 4.78 is 163. The molecule has 0 radical (unpaired) electrons. The van der Waals surface area contributed by atoms with E-state index in [1.165, 1.54) is 0 Å². The van der Waals surface area contributed by atoms with Gasteiger partial charge >= 0.3 is 36.5 Å². The first-order valence-corrected chi connectivity index (χ1v) is 4.29. The molecule has 0 spiro atoms. The topological polar surface area (TPSA) is 12.5 Å². The van der Waals surface area contributed by atoms with Gasteiger partial charge in [0.2, 0.25) is 0 Å². The molecule has 0 aromatic heterocycles. The van der Waals surface area contributed by atoms with Crippen LogP contribution in [0.1, 0.15) is 0 Å². The molecule has 0 saturated carbocycles. The van der Waals surface area contributed by atoms with Crippen molar-refractivity contribution in [3.8, 4) is 0 Å². The Morgan fingerprint density at radius 1 is 0.619 bits per heavy atom. The Morgan fingerprint density at radius 2 is 0.905 bits per heavy atom. The van der Waals surface area contributed by atoms with Crippen LogP contribution in [0.15, 0.2) is 0 Å². The van der Waals surface area contributed by atoms with Gasteiger partial charge in [0.1, 0.15) is 0 Å². The molecule has 0 bridgehead atoms. The number of hydrogen-bond donors (Lipinski definition) is 0. The third kappa shape index (κ3) is 2.20. The second-order valence-corrected chi connectivity index (χ2v) is 3.59. The first kappa shape index (κ1) is 18.1. The number of nitrogens with zero attached hydrogens (tertiary/aromatic N) is 1. The number of hydrogen-bond acceptors (Lipinski definition) is 2. The van der Waals surface area contributed by atoms with Crippen molar-refractivity contribution >= 4 is 0 Å². The van der Waals surface area contributed by atoms with E-state index in [1.807, 2.05) is 0 Å². The molecule has 0 aliphatic carbocycles. The highest BCUT2D eigenvalue weighted by molar-refractivity contribution is 4.99. The fraction of sp³-hybridized carbons (Fsp3) is 1.00. The van der Waals surface area contributed by atoms with Crippen LogP contribution in [0.3, 0.4) is 0 Å². The van der Waals surface area contributed by atoms with Crippen LogP contribution in [-0.2, 0) is 4.74 Å². The zero-order valence-electron chi connectivity index (χ0n) is 8.77. The van der Waals surface area contributed by atoms with Gasteiger partial charge in [-0.15, -0.1) is 0 Å². The van der Waals surface area contributed by atoms with Crippen molar-refractivity contribution in [1.82, 2.24) is 4.90 Å². The average molecular weight is 349 g/mol. The van der Waals surface area contributed by atoms with E-state index in [0.717, 1.165) is 0 Å². The van der Waals surface area contributed by atoms with Gasteiger partial charge in [-0.2, -0.15) is 57.1 Å². The monoisotopic (exact) mass is 349 g/mol. The Kier molecular flexibility index (Phi) is 3.48. The van der Waals surface area contributed by atoms with Gasteiger partial charge in [0.05, 0.1) is 0 Å². The van der Waals surface area contributed by atoms with Crippen LogP contribution in [0.5, 0.6) is 0 Å². The van der Waals surface area contributed by atoms with Crippen LogP contribution >= 0.6 is 0 Å². The maximum absolute atomic E-state index is 12.8. The smallest absolute Gasteiger partial charge is 0.243 e. The summed E-state index contributed by atoms with van der Waals surface area (Å²) in [6.45, 7) is 0. The fourth-order valence-corrected chi connectivity index (χ4v) is 1.20. The number of morpholine rings is 1. The van der Waals surface area contributed by atoms with E-state index in [9.17, 15) is 57.1 Å². The number of halogens is 13. The summed E-state index contributed by atoms with van der Waals surface area (Å²) in [5.41, 5.74) is 0. The van der Waals surface area contributed by atoms with Crippen LogP contribution in [0.2, 0.25) is 0 Å². The molecule has 0 amide bonds. The zero-order chi connectivity index (χ0) is 17.3. The summed E-state index contributed by atoms with van der Waals surface area (Å²) >= 11 is 0. The molecule has 1 aliphatic heterocycles. The van der Waals surface area contributed by atoms with Gasteiger partial charge in [0, 0.05) is 0 Å². The third-order valence-electron chi connectivity index (χ3n) is 2.14. The third-order valence-corrected chi connectivity index (χ3v) is 2.14. The highest BCUT2D eigenvalue weighted by Gasteiger charge is 2.90. The van der Waals surface area contributed by atoms with E-state index in [1.54, 1.807) is 4.74 Å². The summed E-state index contributed by atoms with van der Waals surface area (Å²) in [7, 11) is 0. The number of ether oxygens (including phenoxy) is 1. The lowest BCUT2D eigenvalue weighted by Crippen LogP contribution is -2.79. The zero-order valence-corrected chi connectivity index (χ0v) is 8.77. The summed E-state index contributed by atoms with van der Waals surface area (Å²) in [6, 6.07) is -21.6. The summed E-state index contributed by atoms with van der Waals surface area (Å²) in [6.07, 6.45) is -20.8. The molecule has 1 heterocycles. The van der Waals surface area contributed by atoms with Crippen molar-refractivity contribution in [2.45, 2.75) is 36.5 Å². The Balaban J connectivity index is 3.63. The molecule has 2 nitrogen and oxygen atoms in total. The molecular formula is C6F13NO. The lowest BCUT2D eigenvalue weighted by Gasteiger charge is -2.49. The standard InChI is InChI=1S/C6F13NO/c7-1(8,9)2(10,11)20-3(12,13)5(16,17)21-6(18,19)4(20,14)15. The normalized spacial score (nSPS) is 28.4. The first-order valence-electron chi connectivity index (χ1n) is 4.29. The van der Waals surface area contributed by atoms with Gasteiger partial charge in [-0.3, -0.25) is 0 Å². The van der Waals surface area contributed by atoms with Gasteiger partial charge in [0.25, 0.3) is 0 Å². The van der Waals surface area contributed by atoms with E-state index >= 15 is 0 Å². The Labute approximate surface area is 105 Å². The molecule has 126 valence electrons. The van der Waals surface area contributed by atoms with Gasteiger partial charge in [0.15, 0.2) is 0 Å². The van der Waals surface area contributed by atoms with Crippen LogP contribution in [0, 0.1) is 0 Å². The fourth-order valence-electron chi connectivity index (χ4n) is 1.20. The summed E-state index contributed by atoms with van der Waals surface area (Å²) in [5, 5.41) is 0. The van der Waals surface area contributed by atoms with E-state index < -0.39 is 41.4 Å². The molecule has 1 aliphatic rings. The number of alkyl halides is 13. The summed E-state index contributed by atoms with van der Waals surface area (Å²) in [5.74, 6) is 0. The van der Waals surface area contributed by atoms with Crippen molar-refractivity contribution in [3.05, 3.63) is 0 Å². The van der Waals surface area contributed by atoms with Gasteiger partial charge in [-0.25, -0.2) is 4.74 Å². The van der Waals surface area contributed by atoms with Gasteiger partial charge in [-0.1, -0.05) is 4.90 Å². The number of rotatable bonds is 1. The predicted octanol–water partition coefficient (Wildman–Crippen LogP) is 3.84. The Morgan fingerprint density at radius 3 is 1.14 bits per heavy atom. The molecule has 15 heteroatoms. The van der Waals surface area contributed by atoms with Crippen LogP contribution in [0.25, 0.3) is 0 Å². The minimum atomic E-state index is -7.42. The van der Waals surface area contributed by atoms with Crippen molar-refractivity contribution in [1.29, 1.82) is 0 Å². The minimum absolute atomic E-state index is 1.72. The maximum atomic E-state index is 12.8. The molecular weight excluding hydrogens is 349 g/mol. The molecule has 0 atom stereocenters. The van der Waals surface area contributed by atoms with E-state index in [0.29, 0.717) is 0 Å². The Bertz CT molecular complexity index is 388. The van der Waals surface area contributed by atoms with E-state index in [2.05, 4.69) is 0 Å². The predicted molar refractivity (Wildman–Crippen MR) is 33.7 cm³/mol. The molecule has 0 N–H and O–H groups in total. The lowest BCUT2D eigenvalue weighted by atomic mass is 10.2. The van der Waals surface area contributed by atoms with E-state index in [-0.39, 0.29) is 0 Å². The molecule has 0 unspecified atom stereocenters. The maximum Gasteiger partial charge on any atom is 0.469 e. The quantitative estimate of drug-likeness (QED) is 0.527.